The fraction of sp³-hybridized carbons (Fsp3) is 0.353. The van der Waals surface area contributed by atoms with Gasteiger partial charge in [0, 0.05) is 18.4 Å². The van der Waals surface area contributed by atoms with Crippen molar-refractivity contribution < 1.29 is 18.7 Å². The number of carbonyl (C=O) groups excluding carboxylic acids is 1. The highest BCUT2D eigenvalue weighted by atomic mass is 35.5. The highest BCUT2D eigenvalue weighted by Gasteiger charge is 2.18. The second-order valence-electron chi connectivity index (χ2n) is 5.16. The maximum absolute atomic E-state index is 12.4. The number of carbonyl (C=O) groups is 1. The molecule has 2 aromatic rings. The Bertz CT molecular complexity index is 709. The molecule has 23 heavy (non-hydrogen) atoms. The average molecular weight is 338 g/mol. The number of rotatable bonds is 6. The number of methoxy groups -OCH3 is 1. The molecule has 1 aromatic heterocycles. The van der Waals surface area contributed by atoms with Crippen LogP contribution in [0.4, 0.5) is 5.69 Å². The predicted octanol–water partition coefficient (Wildman–Crippen LogP) is 4.14. The van der Waals surface area contributed by atoms with Gasteiger partial charge >= 0.3 is 0 Å². The number of hydrogen-bond acceptors (Lipinski definition) is 4. The normalized spacial score (nSPS) is 10.7. The number of aryl methyl sites for hydroxylation is 2. The number of nitrogens with one attached hydrogen (secondary N) is 1. The van der Waals surface area contributed by atoms with Crippen LogP contribution in [0.25, 0.3) is 0 Å². The van der Waals surface area contributed by atoms with Crippen molar-refractivity contribution in [1.82, 2.24) is 0 Å². The fourth-order valence-corrected chi connectivity index (χ4v) is 2.49. The Morgan fingerprint density at radius 2 is 1.96 bits per heavy atom. The number of ether oxygens (including phenoxy) is 2. The highest BCUT2D eigenvalue weighted by molar-refractivity contribution is 6.32. The topological polar surface area (TPSA) is 60.7 Å². The number of anilines is 1. The molecule has 0 unspecified atom stereocenters. The third kappa shape index (κ3) is 4.06. The maximum atomic E-state index is 12.4. The third-order valence-electron chi connectivity index (χ3n) is 3.52. The maximum Gasteiger partial charge on any atom is 0.259 e. The standard InChI is InChI=1S/C17H20ClNO4/c1-10-11(2)23-12(3)16(10)17(20)19-13-5-6-15(14(18)9-13)22-8-7-21-4/h5-6,9H,7-8H2,1-4H3,(H,19,20). The molecule has 2 rings (SSSR count). The minimum atomic E-state index is -0.221. The molecule has 0 aliphatic rings. The molecule has 0 aliphatic heterocycles. The molecule has 1 aromatic carbocycles. The first-order valence-electron chi connectivity index (χ1n) is 7.23. The van der Waals surface area contributed by atoms with Gasteiger partial charge in [-0.25, -0.2) is 0 Å². The molecule has 1 heterocycles. The zero-order valence-electron chi connectivity index (χ0n) is 13.7. The number of amides is 1. The van der Waals surface area contributed by atoms with Crippen LogP contribution >= 0.6 is 11.6 Å². The molecule has 0 saturated heterocycles. The Morgan fingerprint density at radius 3 is 2.52 bits per heavy atom. The first-order chi connectivity index (χ1) is 10.9. The van der Waals surface area contributed by atoms with E-state index in [0.29, 0.717) is 41.0 Å². The third-order valence-corrected chi connectivity index (χ3v) is 3.82. The predicted molar refractivity (Wildman–Crippen MR) is 89.7 cm³/mol. The minimum absolute atomic E-state index is 0.221. The Morgan fingerprint density at radius 1 is 1.22 bits per heavy atom. The van der Waals surface area contributed by atoms with Gasteiger partial charge in [-0.3, -0.25) is 4.79 Å². The van der Waals surface area contributed by atoms with Crippen LogP contribution in [0.5, 0.6) is 5.75 Å². The summed E-state index contributed by atoms with van der Waals surface area (Å²) in [6.07, 6.45) is 0. The number of halogens is 1. The van der Waals surface area contributed by atoms with Gasteiger partial charge in [0.15, 0.2) is 0 Å². The molecule has 0 aliphatic carbocycles. The van der Waals surface area contributed by atoms with Gasteiger partial charge in [0.25, 0.3) is 5.91 Å². The van der Waals surface area contributed by atoms with E-state index in [4.69, 9.17) is 25.5 Å². The number of benzene rings is 1. The first kappa shape index (κ1) is 17.4. The van der Waals surface area contributed by atoms with Gasteiger partial charge < -0.3 is 19.2 Å². The second kappa shape index (κ2) is 7.53. The van der Waals surface area contributed by atoms with E-state index in [1.54, 1.807) is 32.2 Å². The lowest BCUT2D eigenvalue weighted by Crippen LogP contribution is -2.13. The van der Waals surface area contributed by atoms with Gasteiger partial charge in [-0.05, 0) is 39.0 Å². The van der Waals surface area contributed by atoms with Crippen molar-refractivity contribution in [3.8, 4) is 5.75 Å². The molecular weight excluding hydrogens is 318 g/mol. The minimum Gasteiger partial charge on any atom is -0.490 e. The molecule has 6 heteroatoms. The van der Waals surface area contributed by atoms with Gasteiger partial charge in [0.1, 0.15) is 23.9 Å². The van der Waals surface area contributed by atoms with E-state index in [2.05, 4.69) is 5.32 Å². The van der Waals surface area contributed by atoms with Gasteiger partial charge in [0.05, 0.1) is 17.2 Å². The molecule has 0 saturated carbocycles. The lowest BCUT2D eigenvalue weighted by atomic mass is 10.1. The van der Waals surface area contributed by atoms with Crippen LogP contribution in [0.2, 0.25) is 5.02 Å². The van der Waals surface area contributed by atoms with Crippen LogP contribution in [-0.4, -0.2) is 26.2 Å². The van der Waals surface area contributed by atoms with Crippen molar-refractivity contribution in [1.29, 1.82) is 0 Å². The van der Waals surface area contributed by atoms with Crippen molar-refractivity contribution >= 4 is 23.2 Å². The molecule has 124 valence electrons. The number of furan rings is 1. The van der Waals surface area contributed by atoms with Gasteiger partial charge in [0.2, 0.25) is 0 Å². The summed E-state index contributed by atoms with van der Waals surface area (Å²) in [6, 6.07) is 5.11. The van der Waals surface area contributed by atoms with Gasteiger partial charge in [-0.2, -0.15) is 0 Å². The quantitative estimate of drug-likeness (QED) is 0.805. The van der Waals surface area contributed by atoms with E-state index < -0.39 is 0 Å². The first-order valence-corrected chi connectivity index (χ1v) is 7.61. The SMILES string of the molecule is COCCOc1ccc(NC(=O)c2c(C)oc(C)c2C)cc1Cl. The monoisotopic (exact) mass is 337 g/mol. The summed E-state index contributed by atoms with van der Waals surface area (Å²) in [6.45, 7) is 6.36. The summed E-state index contributed by atoms with van der Waals surface area (Å²) >= 11 is 6.17. The largest absolute Gasteiger partial charge is 0.490 e. The van der Waals surface area contributed by atoms with Crippen LogP contribution < -0.4 is 10.1 Å². The molecule has 1 N–H and O–H groups in total. The lowest BCUT2D eigenvalue weighted by Gasteiger charge is -2.10. The summed E-state index contributed by atoms with van der Waals surface area (Å²) in [5.41, 5.74) is 1.99. The molecule has 1 amide bonds. The molecule has 0 fully saturated rings. The highest BCUT2D eigenvalue weighted by Crippen LogP contribution is 2.28. The summed E-state index contributed by atoms with van der Waals surface area (Å²) < 4.78 is 15.9. The molecule has 0 bridgehead atoms. The van der Waals surface area contributed by atoms with Crippen molar-refractivity contribution in [3.63, 3.8) is 0 Å². The summed E-state index contributed by atoms with van der Waals surface area (Å²) in [5.74, 6) is 1.67. The van der Waals surface area contributed by atoms with Crippen LogP contribution in [0, 0.1) is 20.8 Å². The van der Waals surface area contributed by atoms with Crippen LogP contribution in [-0.2, 0) is 4.74 Å². The summed E-state index contributed by atoms with van der Waals surface area (Å²) in [7, 11) is 1.60. The van der Waals surface area contributed by atoms with Crippen LogP contribution in [0.15, 0.2) is 22.6 Å². The van der Waals surface area contributed by atoms with Crippen molar-refractivity contribution in [3.05, 3.63) is 45.9 Å². The molecule has 0 atom stereocenters. The fourth-order valence-electron chi connectivity index (χ4n) is 2.25. The van der Waals surface area contributed by atoms with Crippen molar-refractivity contribution in [2.75, 3.05) is 25.6 Å². The summed E-state index contributed by atoms with van der Waals surface area (Å²) in [5, 5.41) is 3.25. The number of hydrogen-bond donors (Lipinski definition) is 1. The van der Waals surface area contributed by atoms with Gasteiger partial charge in [-0.15, -0.1) is 0 Å². The van der Waals surface area contributed by atoms with Crippen molar-refractivity contribution in [2.24, 2.45) is 0 Å². The Kier molecular flexibility index (Phi) is 5.69. The van der Waals surface area contributed by atoms with E-state index in [-0.39, 0.29) is 5.91 Å². The molecule has 0 spiro atoms. The lowest BCUT2D eigenvalue weighted by molar-refractivity contribution is 0.102. The van der Waals surface area contributed by atoms with Gasteiger partial charge in [-0.1, -0.05) is 11.6 Å². The molecule has 5 nitrogen and oxygen atoms in total. The summed E-state index contributed by atoms with van der Waals surface area (Å²) in [4.78, 5) is 12.4. The zero-order chi connectivity index (χ0) is 17.0. The average Bonchev–Trinajstić information content (AvgIpc) is 2.74. The van der Waals surface area contributed by atoms with E-state index >= 15 is 0 Å². The smallest absolute Gasteiger partial charge is 0.259 e. The van der Waals surface area contributed by atoms with Crippen LogP contribution in [0.1, 0.15) is 27.4 Å². The van der Waals surface area contributed by atoms with E-state index in [9.17, 15) is 4.79 Å². The molecule has 0 radical (unpaired) electrons. The zero-order valence-corrected chi connectivity index (χ0v) is 14.4. The Balaban J connectivity index is 2.11. The van der Waals surface area contributed by atoms with E-state index in [1.165, 1.54) is 0 Å². The van der Waals surface area contributed by atoms with E-state index in [0.717, 1.165) is 11.3 Å². The van der Waals surface area contributed by atoms with E-state index in [1.807, 2.05) is 13.8 Å². The second-order valence-corrected chi connectivity index (χ2v) is 5.56. The molecular formula is C17H20ClNO4. The Hall–Kier alpha value is -1.98. The van der Waals surface area contributed by atoms with Crippen LogP contribution in [0.3, 0.4) is 0 Å². The van der Waals surface area contributed by atoms with Crippen molar-refractivity contribution in [2.45, 2.75) is 20.8 Å². The Labute approximate surface area is 140 Å².